The van der Waals surface area contributed by atoms with Crippen LogP contribution in [0.1, 0.15) is 17.2 Å². The number of methoxy groups -OCH3 is 2. The van der Waals surface area contributed by atoms with E-state index >= 15 is 13.2 Å². The van der Waals surface area contributed by atoms with E-state index in [-0.39, 0.29) is 11.3 Å². The van der Waals surface area contributed by atoms with Crippen molar-refractivity contribution in [2.75, 3.05) is 19.1 Å². The van der Waals surface area contributed by atoms with Gasteiger partial charge in [0.05, 0.1) is 31.4 Å². The van der Waals surface area contributed by atoms with Gasteiger partial charge in [0.2, 0.25) is 0 Å². The van der Waals surface area contributed by atoms with Crippen molar-refractivity contribution in [3.63, 3.8) is 0 Å². The zero-order chi connectivity index (χ0) is 25.2. The van der Waals surface area contributed by atoms with Crippen molar-refractivity contribution in [1.82, 2.24) is 0 Å². The molecule has 5 nitrogen and oxygen atoms in total. The maximum absolute atomic E-state index is 15.6. The quantitative estimate of drug-likeness (QED) is 0.460. The van der Waals surface area contributed by atoms with Crippen molar-refractivity contribution in [2.45, 2.75) is 17.8 Å². The van der Waals surface area contributed by atoms with Crippen LogP contribution in [0, 0.1) is 0 Å². The molecule has 0 N–H and O–H groups in total. The Hall–Kier alpha value is -4.07. The predicted molar refractivity (Wildman–Crippen MR) is 123 cm³/mol. The highest BCUT2D eigenvalue weighted by atomic mass is 19.4. The standard InChI is InChI=1S/C27H22F3NO4/c1-34-24(32)21-22(25(33)35-2)26(27(28,29)30,19-14-8-4-9-15-19)31(20-16-10-5-11-17-20)23(21)18-12-6-3-7-13-18/h3-17,23H,1-2H3/t23-,26+/m0/s1. The summed E-state index contributed by atoms with van der Waals surface area (Å²) in [5.41, 5.74) is -4.02. The Morgan fingerprint density at radius 3 is 1.74 bits per heavy atom. The fourth-order valence-corrected chi connectivity index (χ4v) is 4.75. The number of nitrogens with zero attached hydrogens (tertiary/aromatic N) is 1. The molecule has 2 atom stereocenters. The van der Waals surface area contributed by atoms with Crippen LogP contribution in [-0.4, -0.2) is 32.3 Å². The summed E-state index contributed by atoms with van der Waals surface area (Å²) in [6.45, 7) is 0. The van der Waals surface area contributed by atoms with Crippen LogP contribution < -0.4 is 4.90 Å². The lowest BCUT2D eigenvalue weighted by Crippen LogP contribution is -2.56. The summed E-state index contributed by atoms with van der Waals surface area (Å²) >= 11 is 0. The summed E-state index contributed by atoms with van der Waals surface area (Å²) in [6.07, 6.45) is -5.06. The van der Waals surface area contributed by atoms with E-state index in [9.17, 15) is 9.59 Å². The normalized spacial score (nSPS) is 20.0. The molecule has 1 heterocycles. The predicted octanol–water partition coefficient (Wildman–Crippen LogP) is 5.35. The van der Waals surface area contributed by atoms with Gasteiger partial charge in [0.15, 0.2) is 5.54 Å². The monoisotopic (exact) mass is 481 g/mol. The van der Waals surface area contributed by atoms with E-state index in [1.807, 2.05) is 0 Å². The van der Waals surface area contributed by atoms with E-state index in [2.05, 4.69) is 0 Å². The first-order valence-electron chi connectivity index (χ1n) is 10.7. The fourth-order valence-electron chi connectivity index (χ4n) is 4.75. The topological polar surface area (TPSA) is 55.8 Å². The van der Waals surface area contributed by atoms with Gasteiger partial charge in [-0.05, 0) is 23.3 Å². The van der Waals surface area contributed by atoms with Gasteiger partial charge in [0.1, 0.15) is 0 Å². The Balaban J connectivity index is 2.24. The number of rotatable bonds is 5. The zero-order valence-electron chi connectivity index (χ0n) is 19.0. The SMILES string of the molecule is COC(=O)C1=C(C(=O)OC)[C@](c2ccccc2)(C(F)(F)F)N(c2ccccc2)[C@H]1c1ccccc1. The average molecular weight is 481 g/mol. The van der Waals surface area contributed by atoms with Crippen molar-refractivity contribution in [2.24, 2.45) is 0 Å². The first-order valence-corrected chi connectivity index (χ1v) is 10.7. The Morgan fingerprint density at radius 1 is 0.771 bits per heavy atom. The van der Waals surface area contributed by atoms with Gasteiger partial charge in [-0.3, -0.25) is 0 Å². The van der Waals surface area contributed by atoms with Crippen LogP contribution in [0.5, 0.6) is 0 Å². The third-order valence-corrected chi connectivity index (χ3v) is 6.07. The van der Waals surface area contributed by atoms with Gasteiger partial charge in [0.25, 0.3) is 0 Å². The minimum atomic E-state index is -5.06. The van der Waals surface area contributed by atoms with Crippen molar-refractivity contribution >= 4 is 17.6 Å². The molecule has 1 aliphatic rings. The molecule has 0 amide bonds. The minimum absolute atomic E-state index is 0.155. The second-order valence-corrected chi connectivity index (χ2v) is 7.86. The van der Waals surface area contributed by atoms with Gasteiger partial charge in [-0.1, -0.05) is 78.9 Å². The van der Waals surface area contributed by atoms with Crippen LogP contribution in [0.4, 0.5) is 18.9 Å². The average Bonchev–Trinajstić information content (AvgIpc) is 3.22. The summed E-state index contributed by atoms with van der Waals surface area (Å²) in [6, 6.07) is 21.9. The first-order chi connectivity index (χ1) is 16.8. The van der Waals surface area contributed by atoms with Gasteiger partial charge in [0, 0.05) is 5.69 Å². The summed E-state index contributed by atoms with van der Waals surface area (Å²) in [7, 11) is 2.05. The Bertz CT molecular complexity index is 1240. The molecule has 180 valence electrons. The largest absolute Gasteiger partial charge is 0.466 e. The number of benzene rings is 3. The number of halogens is 3. The molecule has 0 saturated carbocycles. The minimum Gasteiger partial charge on any atom is -0.466 e. The Kier molecular flexibility index (Phi) is 6.39. The highest BCUT2D eigenvalue weighted by Crippen LogP contribution is 2.61. The second kappa shape index (κ2) is 9.29. The highest BCUT2D eigenvalue weighted by molar-refractivity contribution is 6.06. The number of para-hydroxylation sites is 1. The molecule has 0 saturated heterocycles. The molecule has 35 heavy (non-hydrogen) atoms. The van der Waals surface area contributed by atoms with E-state index in [0.717, 1.165) is 19.1 Å². The maximum Gasteiger partial charge on any atom is 0.420 e. The lowest BCUT2D eigenvalue weighted by Gasteiger charge is -2.45. The van der Waals surface area contributed by atoms with E-state index in [4.69, 9.17) is 9.47 Å². The molecule has 0 fully saturated rings. The molecule has 0 aliphatic carbocycles. The van der Waals surface area contributed by atoms with Crippen LogP contribution in [0.15, 0.2) is 102 Å². The summed E-state index contributed by atoms with van der Waals surface area (Å²) in [5, 5.41) is 0. The lowest BCUT2D eigenvalue weighted by atomic mass is 9.80. The zero-order valence-corrected chi connectivity index (χ0v) is 19.0. The number of ether oxygens (including phenoxy) is 2. The number of esters is 2. The van der Waals surface area contributed by atoms with Gasteiger partial charge in [-0.15, -0.1) is 0 Å². The maximum atomic E-state index is 15.6. The summed E-state index contributed by atoms with van der Waals surface area (Å²) in [5.74, 6) is -2.33. The van der Waals surface area contributed by atoms with Crippen molar-refractivity contribution in [1.29, 1.82) is 0 Å². The number of hydrogen-bond donors (Lipinski definition) is 0. The van der Waals surface area contributed by atoms with Crippen molar-refractivity contribution in [3.8, 4) is 0 Å². The molecule has 0 unspecified atom stereocenters. The van der Waals surface area contributed by atoms with Crippen LogP contribution in [0.3, 0.4) is 0 Å². The van der Waals surface area contributed by atoms with Crippen molar-refractivity contribution < 1.29 is 32.2 Å². The number of alkyl halides is 3. The van der Waals surface area contributed by atoms with E-state index in [1.165, 1.54) is 36.4 Å². The molecule has 3 aromatic carbocycles. The fraction of sp³-hybridized carbons (Fsp3) is 0.185. The van der Waals surface area contributed by atoms with Crippen LogP contribution >= 0.6 is 0 Å². The molecular formula is C27H22F3NO4. The molecule has 8 heteroatoms. The third-order valence-electron chi connectivity index (χ3n) is 6.07. The van der Waals surface area contributed by atoms with Crippen LogP contribution in [0.25, 0.3) is 0 Å². The van der Waals surface area contributed by atoms with Crippen molar-refractivity contribution in [3.05, 3.63) is 113 Å². The van der Waals surface area contributed by atoms with Gasteiger partial charge in [-0.2, -0.15) is 13.2 Å². The van der Waals surface area contributed by atoms with Crippen LogP contribution in [0.2, 0.25) is 0 Å². The van der Waals surface area contributed by atoms with Gasteiger partial charge in [-0.25, -0.2) is 9.59 Å². The molecule has 0 bridgehead atoms. The number of anilines is 1. The number of carbonyl (C=O) groups is 2. The molecule has 1 aliphatic heterocycles. The summed E-state index contributed by atoms with van der Waals surface area (Å²) in [4.78, 5) is 27.5. The molecule has 4 rings (SSSR count). The van der Waals surface area contributed by atoms with E-state index in [1.54, 1.807) is 54.6 Å². The smallest absolute Gasteiger partial charge is 0.420 e. The molecular weight excluding hydrogens is 459 g/mol. The van der Waals surface area contributed by atoms with E-state index < -0.39 is 40.8 Å². The summed E-state index contributed by atoms with van der Waals surface area (Å²) < 4.78 is 56.5. The van der Waals surface area contributed by atoms with Crippen LogP contribution in [-0.2, 0) is 24.6 Å². The number of carbonyl (C=O) groups excluding carboxylic acids is 2. The first kappa shape index (κ1) is 24.1. The van der Waals surface area contributed by atoms with E-state index in [0.29, 0.717) is 5.56 Å². The highest BCUT2D eigenvalue weighted by Gasteiger charge is 2.71. The van der Waals surface area contributed by atoms with Gasteiger partial charge < -0.3 is 14.4 Å². The molecule has 3 aromatic rings. The Labute approximate surface area is 200 Å². The number of hydrogen-bond acceptors (Lipinski definition) is 5. The molecule has 0 aromatic heterocycles. The molecule has 0 radical (unpaired) electrons. The van der Waals surface area contributed by atoms with Gasteiger partial charge >= 0.3 is 18.1 Å². The lowest BCUT2D eigenvalue weighted by molar-refractivity contribution is -0.182. The third kappa shape index (κ3) is 3.75. The second-order valence-electron chi connectivity index (χ2n) is 7.86. The molecule has 0 spiro atoms. The Morgan fingerprint density at radius 2 is 1.26 bits per heavy atom.